The molecule has 1 aromatic rings. The Morgan fingerprint density at radius 2 is 1.94 bits per heavy atom. The van der Waals surface area contributed by atoms with Gasteiger partial charge in [0.1, 0.15) is 0 Å². The largest absolute Gasteiger partial charge is 0.328 e. The van der Waals surface area contributed by atoms with E-state index in [0.717, 1.165) is 13.1 Å². The van der Waals surface area contributed by atoms with E-state index in [1.165, 1.54) is 29.7 Å². The van der Waals surface area contributed by atoms with Gasteiger partial charge in [-0.1, -0.05) is 29.3 Å². The highest BCUT2D eigenvalue weighted by molar-refractivity contribution is 5.28. The quantitative estimate of drug-likeness (QED) is 0.867. The molecule has 1 aromatic carbocycles. The highest BCUT2D eigenvalue weighted by atomic mass is 15.1. The van der Waals surface area contributed by atoms with Gasteiger partial charge in [-0.15, -0.1) is 0 Å². The van der Waals surface area contributed by atoms with Crippen LogP contribution in [0.15, 0.2) is 18.2 Å². The van der Waals surface area contributed by atoms with Gasteiger partial charge in [-0.25, -0.2) is 0 Å². The lowest BCUT2D eigenvalue weighted by molar-refractivity contribution is 0.308. The molecule has 0 saturated carbocycles. The predicted octanol–water partition coefficient (Wildman–Crippen LogP) is 2.47. The molecular formula is C15H24N2. The summed E-state index contributed by atoms with van der Waals surface area (Å²) in [5, 5.41) is 0. The predicted molar refractivity (Wildman–Crippen MR) is 72.9 cm³/mol. The summed E-state index contributed by atoms with van der Waals surface area (Å²) in [7, 11) is 0. The molecule has 17 heavy (non-hydrogen) atoms. The van der Waals surface area contributed by atoms with Crippen LogP contribution in [0, 0.1) is 19.8 Å². The second-order valence-corrected chi connectivity index (χ2v) is 5.64. The number of likely N-dealkylation sites (tertiary alicyclic amines) is 1. The Balaban J connectivity index is 1.98. The first kappa shape index (κ1) is 12.6. The molecule has 1 aliphatic heterocycles. The number of rotatable bonds is 3. The summed E-state index contributed by atoms with van der Waals surface area (Å²) in [5.74, 6) is 0.681. The Kier molecular flexibility index (Phi) is 3.85. The molecule has 0 aliphatic carbocycles. The van der Waals surface area contributed by atoms with Gasteiger partial charge in [0, 0.05) is 19.1 Å². The molecule has 2 nitrogen and oxygen atoms in total. The lowest BCUT2D eigenvalue weighted by Gasteiger charge is -2.18. The minimum Gasteiger partial charge on any atom is -0.328 e. The van der Waals surface area contributed by atoms with Gasteiger partial charge in [-0.05, 0) is 45.2 Å². The van der Waals surface area contributed by atoms with Crippen molar-refractivity contribution in [3.8, 4) is 0 Å². The van der Waals surface area contributed by atoms with Gasteiger partial charge in [0.15, 0.2) is 0 Å². The SMILES string of the molecule is Cc1cc(C)cc(CN2CCC(C(C)N)C2)c1. The van der Waals surface area contributed by atoms with E-state index in [9.17, 15) is 0 Å². The standard InChI is InChI=1S/C15H24N2/c1-11-6-12(2)8-14(7-11)9-17-5-4-15(10-17)13(3)16/h6-8,13,15H,4-5,9-10,16H2,1-3H3. The van der Waals surface area contributed by atoms with Gasteiger partial charge in [-0.3, -0.25) is 4.90 Å². The molecule has 2 atom stereocenters. The van der Waals surface area contributed by atoms with Crippen LogP contribution in [-0.4, -0.2) is 24.0 Å². The van der Waals surface area contributed by atoms with Gasteiger partial charge >= 0.3 is 0 Å². The third-order valence-corrected chi connectivity index (χ3v) is 3.74. The fourth-order valence-electron chi connectivity index (χ4n) is 2.85. The Labute approximate surface area is 105 Å². The van der Waals surface area contributed by atoms with E-state index >= 15 is 0 Å². The van der Waals surface area contributed by atoms with Crippen molar-refractivity contribution in [2.24, 2.45) is 11.7 Å². The Morgan fingerprint density at radius 1 is 1.29 bits per heavy atom. The van der Waals surface area contributed by atoms with Crippen molar-refractivity contribution in [1.29, 1.82) is 0 Å². The normalized spacial score (nSPS) is 22.9. The first-order chi connectivity index (χ1) is 8.04. The number of benzene rings is 1. The summed E-state index contributed by atoms with van der Waals surface area (Å²) in [5.41, 5.74) is 10.1. The van der Waals surface area contributed by atoms with E-state index in [2.05, 4.69) is 43.9 Å². The molecule has 0 aromatic heterocycles. The topological polar surface area (TPSA) is 29.3 Å². The molecule has 1 aliphatic rings. The van der Waals surface area contributed by atoms with E-state index in [1.807, 2.05) is 0 Å². The van der Waals surface area contributed by atoms with Crippen LogP contribution in [0.5, 0.6) is 0 Å². The summed E-state index contributed by atoms with van der Waals surface area (Å²) in [6.45, 7) is 9.90. The monoisotopic (exact) mass is 232 g/mol. The van der Waals surface area contributed by atoms with Crippen LogP contribution < -0.4 is 5.73 Å². The van der Waals surface area contributed by atoms with E-state index < -0.39 is 0 Å². The molecule has 2 N–H and O–H groups in total. The van der Waals surface area contributed by atoms with Gasteiger partial charge in [-0.2, -0.15) is 0 Å². The zero-order valence-electron chi connectivity index (χ0n) is 11.2. The highest BCUT2D eigenvalue weighted by Gasteiger charge is 2.24. The molecule has 0 bridgehead atoms. The molecule has 94 valence electrons. The van der Waals surface area contributed by atoms with Crippen molar-refractivity contribution in [3.63, 3.8) is 0 Å². The second kappa shape index (κ2) is 5.19. The number of hydrogen-bond acceptors (Lipinski definition) is 2. The van der Waals surface area contributed by atoms with Gasteiger partial charge in [0.2, 0.25) is 0 Å². The van der Waals surface area contributed by atoms with Gasteiger partial charge < -0.3 is 5.73 Å². The van der Waals surface area contributed by atoms with E-state index in [-0.39, 0.29) is 0 Å². The summed E-state index contributed by atoms with van der Waals surface area (Å²) >= 11 is 0. The van der Waals surface area contributed by atoms with E-state index in [4.69, 9.17) is 5.73 Å². The van der Waals surface area contributed by atoms with E-state index in [0.29, 0.717) is 12.0 Å². The van der Waals surface area contributed by atoms with Crippen LogP contribution >= 0.6 is 0 Å². The fraction of sp³-hybridized carbons (Fsp3) is 0.600. The Hall–Kier alpha value is -0.860. The van der Waals surface area contributed by atoms with Crippen LogP contribution in [0.1, 0.15) is 30.0 Å². The van der Waals surface area contributed by atoms with Crippen LogP contribution in [0.25, 0.3) is 0 Å². The fourth-order valence-corrected chi connectivity index (χ4v) is 2.85. The van der Waals surface area contributed by atoms with Crippen molar-refractivity contribution >= 4 is 0 Å². The maximum atomic E-state index is 5.97. The van der Waals surface area contributed by atoms with Crippen LogP contribution in [0.2, 0.25) is 0 Å². The average Bonchev–Trinajstić information content (AvgIpc) is 2.64. The van der Waals surface area contributed by atoms with Crippen molar-refractivity contribution in [1.82, 2.24) is 4.90 Å². The van der Waals surface area contributed by atoms with Crippen LogP contribution in [0.4, 0.5) is 0 Å². The average molecular weight is 232 g/mol. The Bertz CT molecular complexity index is 364. The van der Waals surface area contributed by atoms with Gasteiger partial charge in [0.05, 0.1) is 0 Å². The zero-order chi connectivity index (χ0) is 12.4. The molecule has 1 fully saturated rings. The molecule has 1 heterocycles. The summed E-state index contributed by atoms with van der Waals surface area (Å²) in [6, 6.07) is 7.16. The van der Waals surface area contributed by atoms with Crippen molar-refractivity contribution in [2.45, 2.75) is 39.8 Å². The number of nitrogens with two attached hydrogens (primary N) is 1. The third kappa shape index (κ3) is 3.30. The molecule has 2 unspecified atom stereocenters. The second-order valence-electron chi connectivity index (χ2n) is 5.64. The number of aryl methyl sites for hydroxylation is 2. The summed E-state index contributed by atoms with van der Waals surface area (Å²) in [4.78, 5) is 2.53. The third-order valence-electron chi connectivity index (χ3n) is 3.74. The first-order valence-corrected chi connectivity index (χ1v) is 6.59. The molecule has 2 rings (SSSR count). The summed E-state index contributed by atoms with van der Waals surface area (Å²) in [6.07, 6.45) is 1.25. The van der Waals surface area contributed by atoms with Crippen molar-refractivity contribution < 1.29 is 0 Å². The summed E-state index contributed by atoms with van der Waals surface area (Å²) < 4.78 is 0. The van der Waals surface area contributed by atoms with Crippen molar-refractivity contribution in [2.75, 3.05) is 13.1 Å². The molecule has 0 spiro atoms. The van der Waals surface area contributed by atoms with Crippen molar-refractivity contribution in [3.05, 3.63) is 34.9 Å². The van der Waals surface area contributed by atoms with Gasteiger partial charge in [0.25, 0.3) is 0 Å². The maximum absolute atomic E-state index is 5.97. The number of nitrogens with zero attached hydrogens (tertiary/aromatic N) is 1. The van der Waals surface area contributed by atoms with E-state index in [1.54, 1.807) is 0 Å². The lowest BCUT2D eigenvalue weighted by atomic mass is 10.0. The molecule has 0 radical (unpaired) electrons. The number of hydrogen-bond donors (Lipinski definition) is 1. The minimum absolute atomic E-state index is 0.333. The van der Waals surface area contributed by atoms with Crippen LogP contribution in [-0.2, 0) is 6.54 Å². The Morgan fingerprint density at radius 3 is 2.47 bits per heavy atom. The molecular weight excluding hydrogens is 208 g/mol. The lowest BCUT2D eigenvalue weighted by Crippen LogP contribution is -2.29. The molecule has 2 heteroatoms. The molecule has 1 saturated heterocycles. The smallest absolute Gasteiger partial charge is 0.0234 e. The van der Waals surface area contributed by atoms with Crippen LogP contribution in [0.3, 0.4) is 0 Å². The zero-order valence-corrected chi connectivity index (χ0v) is 11.2. The highest BCUT2D eigenvalue weighted by Crippen LogP contribution is 2.21. The molecule has 0 amide bonds. The maximum Gasteiger partial charge on any atom is 0.0234 e. The minimum atomic E-state index is 0.333. The first-order valence-electron chi connectivity index (χ1n) is 6.59.